The first kappa shape index (κ1) is 21.4. The molecule has 0 fully saturated rings. The normalized spacial score (nSPS) is 10.7. The first-order valence-corrected chi connectivity index (χ1v) is 10.1. The molecule has 0 bridgehead atoms. The van der Waals surface area contributed by atoms with Crippen molar-refractivity contribution >= 4 is 5.91 Å². The smallest absolute Gasteiger partial charge is 0.253 e. The van der Waals surface area contributed by atoms with E-state index in [1.165, 1.54) is 0 Å². The van der Waals surface area contributed by atoms with Gasteiger partial charge in [-0.2, -0.15) is 5.10 Å². The van der Waals surface area contributed by atoms with E-state index in [9.17, 15) is 4.79 Å². The Morgan fingerprint density at radius 3 is 2.50 bits per heavy atom. The minimum Gasteiger partial charge on any atom is -0.493 e. The van der Waals surface area contributed by atoms with Crippen LogP contribution in [0.4, 0.5) is 0 Å². The summed E-state index contributed by atoms with van der Waals surface area (Å²) in [5, 5.41) is 4.55. The van der Waals surface area contributed by atoms with E-state index < -0.39 is 0 Å². The lowest BCUT2D eigenvalue weighted by Gasteiger charge is -2.18. The van der Waals surface area contributed by atoms with Gasteiger partial charge in [-0.3, -0.25) is 9.48 Å². The minimum absolute atomic E-state index is 0.0304. The van der Waals surface area contributed by atoms with Crippen molar-refractivity contribution in [2.24, 2.45) is 0 Å². The van der Waals surface area contributed by atoms with Crippen LogP contribution in [0.25, 0.3) is 0 Å². The van der Waals surface area contributed by atoms with E-state index in [0.29, 0.717) is 30.2 Å². The van der Waals surface area contributed by atoms with E-state index in [4.69, 9.17) is 9.47 Å². The van der Waals surface area contributed by atoms with Crippen molar-refractivity contribution in [3.8, 4) is 11.5 Å². The number of ether oxygens (including phenoxy) is 2. The Hall–Kier alpha value is -3.28. The molecular formula is C24H29N3O3. The molecule has 6 heteroatoms. The van der Waals surface area contributed by atoms with Gasteiger partial charge in [0.2, 0.25) is 0 Å². The molecule has 0 atom stereocenters. The highest BCUT2D eigenvalue weighted by Gasteiger charge is 2.17. The van der Waals surface area contributed by atoms with E-state index in [1.807, 2.05) is 74.1 Å². The van der Waals surface area contributed by atoms with Crippen LogP contribution in [0.2, 0.25) is 0 Å². The molecule has 1 heterocycles. The van der Waals surface area contributed by atoms with Gasteiger partial charge in [0.15, 0.2) is 11.5 Å². The molecule has 0 saturated heterocycles. The molecule has 0 saturated carbocycles. The predicted octanol–water partition coefficient (Wildman–Crippen LogP) is 4.38. The maximum Gasteiger partial charge on any atom is 0.253 e. The van der Waals surface area contributed by atoms with Crippen molar-refractivity contribution in [1.82, 2.24) is 14.7 Å². The van der Waals surface area contributed by atoms with Gasteiger partial charge in [0.1, 0.15) is 6.61 Å². The topological polar surface area (TPSA) is 56.6 Å². The van der Waals surface area contributed by atoms with E-state index in [-0.39, 0.29) is 5.91 Å². The number of methoxy groups -OCH3 is 1. The van der Waals surface area contributed by atoms with Gasteiger partial charge < -0.3 is 14.4 Å². The summed E-state index contributed by atoms with van der Waals surface area (Å²) < 4.78 is 13.2. The largest absolute Gasteiger partial charge is 0.493 e. The SMILES string of the molecule is CCn1nc(C)c(CN(C)C(=O)c2cccc(COc3ccccc3OC)c2)c1C. The lowest BCUT2D eigenvalue weighted by Crippen LogP contribution is -2.26. The predicted molar refractivity (Wildman–Crippen MR) is 117 cm³/mol. The molecule has 0 aliphatic carbocycles. The maximum absolute atomic E-state index is 13.0. The van der Waals surface area contributed by atoms with Gasteiger partial charge in [0.25, 0.3) is 5.91 Å². The Labute approximate surface area is 178 Å². The number of aromatic nitrogens is 2. The number of benzene rings is 2. The van der Waals surface area contributed by atoms with Crippen LogP contribution in [-0.2, 0) is 19.7 Å². The molecule has 2 aromatic carbocycles. The van der Waals surface area contributed by atoms with Crippen molar-refractivity contribution in [2.75, 3.05) is 14.2 Å². The molecular weight excluding hydrogens is 378 g/mol. The maximum atomic E-state index is 13.0. The van der Waals surface area contributed by atoms with Crippen LogP contribution in [0, 0.1) is 13.8 Å². The Morgan fingerprint density at radius 2 is 1.83 bits per heavy atom. The van der Waals surface area contributed by atoms with Crippen LogP contribution in [0.3, 0.4) is 0 Å². The highest BCUT2D eigenvalue weighted by molar-refractivity contribution is 5.94. The Bertz CT molecular complexity index is 1030. The van der Waals surface area contributed by atoms with Crippen molar-refractivity contribution in [3.05, 3.63) is 76.6 Å². The third-order valence-electron chi connectivity index (χ3n) is 5.21. The van der Waals surface area contributed by atoms with Gasteiger partial charge in [-0.1, -0.05) is 24.3 Å². The molecule has 0 radical (unpaired) electrons. The van der Waals surface area contributed by atoms with Crippen LogP contribution in [-0.4, -0.2) is 34.7 Å². The second kappa shape index (κ2) is 9.48. The van der Waals surface area contributed by atoms with Gasteiger partial charge in [0.05, 0.1) is 12.8 Å². The zero-order valence-electron chi connectivity index (χ0n) is 18.3. The number of hydrogen-bond donors (Lipinski definition) is 0. The van der Waals surface area contributed by atoms with E-state index >= 15 is 0 Å². The number of aryl methyl sites for hydroxylation is 2. The number of carbonyl (C=O) groups is 1. The molecule has 30 heavy (non-hydrogen) atoms. The molecule has 0 aliphatic heterocycles. The molecule has 6 nitrogen and oxygen atoms in total. The molecule has 158 valence electrons. The third-order valence-corrected chi connectivity index (χ3v) is 5.21. The van der Waals surface area contributed by atoms with E-state index in [2.05, 4.69) is 12.0 Å². The number of hydrogen-bond acceptors (Lipinski definition) is 4. The molecule has 1 amide bonds. The minimum atomic E-state index is -0.0304. The van der Waals surface area contributed by atoms with Gasteiger partial charge in [-0.25, -0.2) is 0 Å². The zero-order valence-corrected chi connectivity index (χ0v) is 18.3. The molecule has 0 aliphatic rings. The standard InChI is InChI=1S/C24H29N3O3/c1-6-27-18(3)21(17(2)25-27)15-26(4)24(28)20-11-9-10-19(14-20)16-30-23-13-8-7-12-22(23)29-5/h7-14H,6,15-16H2,1-5H3. The second-order valence-electron chi connectivity index (χ2n) is 7.27. The summed E-state index contributed by atoms with van der Waals surface area (Å²) in [7, 11) is 3.44. The quantitative estimate of drug-likeness (QED) is 0.556. The average molecular weight is 408 g/mol. The number of nitrogens with zero attached hydrogens (tertiary/aromatic N) is 3. The second-order valence-corrected chi connectivity index (χ2v) is 7.27. The molecule has 0 unspecified atom stereocenters. The molecule has 3 rings (SSSR count). The molecule has 3 aromatic rings. The van der Waals surface area contributed by atoms with Crippen LogP contribution in [0.15, 0.2) is 48.5 Å². The number of rotatable bonds is 8. The van der Waals surface area contributed by atoms with Gasteiger partial charge in [-0.15, -0.1) is 0 Å². The fraction of sp³-hybridized carbons (Fsp3) is 0.333. The number of amides is 1. The monoisotopic (exact) mass is 407 g/mol. The zero-order chi connectivity index (χ0) is 21.7. The highest BCUT2D eigenvalue weighted by Crippen LogP contribution is 2.26. The summed E-state index contributed by atoms with van der Waals surface area (Å²) >= 11 is 0. The first-order valence-electron chi connectivity index (χ1n) is 10.1. The summed E-state index contributed by atoms with van der Waals surface area (Å²) in [5.41, 5.74) is 4.73. The van der Waals surface area contributed by atoms with Crippen LogP contribution >= 0.6 is 0 Å². The van der Waals surface area contributed by atoms with Crippen LogP contribution in [0.5, 0.6) is 11.5 Å². The highest BCUT2D eigenvalue weighted by atomic mass is 16.5. The molecule has 1 aromatic heterocycles. The first-order chi connectivity index (χ1) is 14.4. The molecule has 0 N–H and O–H groups in total. The van der Waals surface area contributed by atoms with Crippen molar-refractivity contribution in [3.63, 3.8) is 0 Å². The lowest BCUT2D eigenvalue weighted by molar-refractivity contribution is 0.0784. The average Bonchev–Trinajstić information content (AvgIpc) is 3.05. The fourth-order valence-electron chi connectivity index (χ4n) is 3.49. The number of para-hydroxylation sites is 2. The number of carbonyl (C=O) groups excluding carboxylic acids is 1. The van der Waals surface area contributed by atoms with Gasteiger partial charge in [-0.05, 0) is 50.6 Å². The Kier molecular flexibility index (Phi) is 6.77. The summed E-state index contributed by atoms with van der Waals surface area (Å²) in [6.07, 6.45) is 0. The van der Waals surface area contributed by atoms with Gasteiger partial charge >= 0.3 is 0 Å². The fourth-order valence-corrected chi connectivity index (χ4v) is 3.49. The van der Waals surface area contributed by atoms with Crippen molar-refractivity contribution in [1.29, 1.82) is 0 Å². The Balaban J connectivity index is 1.70. The van der Waals surface area contributed by atoms with Crippen LogP contribution in [0.1, 0.15) is 39.8 Å². The van der Waals surface area contributed by atoms with Crippen molar-refractivity contribution < 1.29 is 14.3 Å². The Morgan fingerprint density at radius 1 is 1.10 bits per heavy atom. The van der Waals surface area contributed by atoms with Gasteiger partial charge in [0, 0.05) is 37.0 Å². The lowest BCUT2D eigenvalue weighted by atomic mass is 10.1. The van der Waals surface area contributed by atoms with E-state index in [0.717, 1.165) is 29.1 Å². The third kappa shape index (κ3) is 4.64. The molecule has 0 spiro atoms. The van der Waals surface area contributed by atoms with Crippen molar-refractivity contribution in [2.45, 2.75) is 40.5 Å². The summed E-state index contributed by atoms with van der Waals surface area (Å²) in [5.74, 6) is 1.33. The summed E-state index contributed by atoms with van der Waals surface area (Å²) in [6.45, 7) is 7.80. The summed E-state index contributed by atoms with van der Waals surface area (Å²) in [4.78, 5) is 14.7. The summed E-state index contributed by atoms with van der Waals surface area (Å²) in [6, 6.07) is 15.1. The van der Waals surface area contributed by atoms with Crippen LogP contribution < -0.4 is 9.47 Å². The van der Waals surface area contributed by atoms with E-state index in [1.54, 1.807) is 12.0 Å².